The first-order valence-corrected chi connectivity index (χ1v) is 5.85. The summed E-state index contributed by atoms with van der Waals surface area (Å²) in [6, 6.07) is 4.99. The van der Waals surface area contributed by atoms with Crippen LogP contribution in [0.4, 0.5) is 0 Å². The maximum absolute atomic E-state index is 11.7. The molecular formula is C13H19NO4. The van der Waals surface area contributed by atoms with Crippen LogP contribution in [-0.2, 0) is 4.84 Å². The molecule has 1 aromatic carbocycles. The number of benzene rings is 1. The highest BCUT2D eigenvalue weighted by atomic mass is 16.6. The Morgan fingerprint density at radius 3 is 2.61 bits per heavy atom. The van der Waals surface area contributed by atoms with Gasteiger partial charge in [0.25, 0.3) is 5.91 Å². The zero-order chi connectivity index (χ0) is 13.5. The molecule has 0 heterocycles. The van der Waals surface area contributed by atoms with Crippen molar-refractivity contribution in [2.75, 3.05) is 13.7 Å². The molecule has 0 atom stereocenters. The fourth-order valence-corrected chi connectivity index (χ4v) is 1.36. The molecule has 1 rings (SSSR count). The van der Waals surface area contributed by atoms with Crippen molar-refractivity contribution < 1.29 is 19.1 Å². The Kier molecular flexibility index (Phi) is 5.45. The summed E-state index contributed by atoms with van der Waals surface area (Å²) in [5.41, 5.74) is 2.78. The first kappa shape index (κ1) is 14.3. The van der Waals surface area contributed by atoms with Gasteiger partial charge in [-0.2, -0.15) is 0 Å². The third-order valence-electron chi connectivity index (χ3n) is 2.10. The van der Waals surface area contributed by atoms with Crippen LogP contribution in [-0.4, -0.2) is 25.7 Å². The van der Waals surface area contributed by atoms with Crippen LogP contribution in [0.3, 0.4) is 0 Å². The Labute approximate surface area is 107 Å². The molecule has 1 N–H and O–H groups in total. The van der Waals surface area contributed by atoms with Crippen LogP contribution in [0.2, 0.25) is 0 Å². The van der Waals surface area contributed by atoms with E-state index >= 15 is 0 Å². The van der Waals surface area contributed by atoms with Crippen LogP contribution in [0.5, 0.6) is 11.5 Å². The Balaban J connectivity index is 2.87. The van der Waals surface area contributed by atoms with Gasteiger partial charge in [-0.3, -0.25) is 9.63 Å². The maximum Gasteiger partial charge on any atom is 0.274 e. The number of nitrogens with one attached hydrogen (secondary N) is 1. The molecule has 0 aliphatic rings. The highest BCUT2D eigenvalue weighted by Gasteiger charge is 2.11. The summed E-state index contributed by atoms with van der Waals surface area (Å²) < 4.78 is 10.8. The zero-order valence-corrected chi connectivity index (χ0v) is 11.1. The lowest BCUT2D eigenvalue weighted by atomic mass is 10.2. The van der Waals surface area contributed by atoms with Crippen molar-refractivity contribution >= 4 is 5.91 Å². The molecule has 0 radical (unpaired) electrons. The number of hydrogen-bond donors (Lipinski definition) is 1. The van der Waals surface area contributed by atoms with Gasteiger partial charge in [0.1, 0.15) is 0 Å². The van der Waals surface area contributed by atoms with Crippen LogP contribution in [0.15, 0.2) is 18.2 Å². The number of methoxy groups -OCH3 is 1. The molecule has 5 nitrogen and oxygen atoms in total. The number of hydroxylamine groups is 1. The summed E-state index contributed by atoms with van der Waals surface area (Å²) >= 11 is 0. The molecule has 0 bridgehead atoms. The van der Waals surface area contributed by atoms with Gasteiger partial charge >= 0.3 is 0 Å². The van der Waals surface area contributed by atoms with E-state index in [4.69, 9.17) is 14.3 Å². The average Bonchev–Trinajstić information content (AvgIpc) is 2.35. The van der Waals surface area contributed by atoms with Crippen LogP contribution < -0.4 is 15.0 Å². The summed E-state index contributed by atoms with van der Waals surface area (Å²) in [7, 11) is 1.53. The standard InChI is InChI=1S/C13H19NO4/c1-5-17-14-13(15)10-6-7-11(18-9(2)3)12(8-10)16-4/h6-9H,5H2,1-4H3,(H,14,15). The van der Waals surface area contributed by atoms with Crippen LogP contribution >= 0.6 is 0 Å². The van der Waals surface area contributed by atoms with Crippen LogP contribution in [0.25, 0.3) is 0 Å². The van der Waals surface area contributed by atoms with E-state index in [1.807, 2.05) is 13.8 Å². The molecule has 18 heavy (non-hydrogen) atoms. The summed E-state index contributed by atoms with van der Waals surface area (Å²) in [5.74, 6) is 0.819. The molecule has 0 aromatic heterocycles. The Morgan fingerprint density at radius 2 is 2.06 bits per heavy atom. The third kappa shape index (κ3) is 3.92. The largest absolute Gasteiger partial charge is 0.493 e. The van der Waals surface area contributed by atoms with Crippen molar-refractivity contribution in [2.45, 2.75) is 26.9 Å². The van der Waals surface area contributed by atoms with Gasteiger partial charge in [0.2, 0.25) is 0 Å². The first-order chi connectivity index (χ1) is 8.58. The van der Waals surface area contributed by atoms with Crippen molar-refractivity contribution in [1.82, 2.24) is 5.48 Å². The highest BCUT2D eigenvalue weighted by Crippen LogP contribution is 2.28. The normalized spacial score (nSPS) is 10.3. The average molecular weight is 253 g/mol. The lowest BCUT2D eigenvalue weighted by Gasteiger charge is -2.14. The quantitative estimate of drug-likeness (QED) is 0.789. The molecule has 0 fully saturated rings. The number of rotatable bonds is 6. The van der Waals surface area contributed by atoms with Crippen molar-refractivity contribution in [1.29, 1.82) is 0 Å². The van der Waals surface area contributed by atoms with Gasteiger partial charge in [-0.25, -0.2) is 5.48 Å². The second-order valence-corrected chi connectivity index (χ2v) is 3.90. The van der Waals surface area contributed by atoms with E-state index in [1.54, 1.807) is 25.1 Å². The van der Waals surface area contributed by atoms with Gasteiger partial charge in [0, 0.05) is 5.56 Å². The summed E-state index contributed by atoms with van der Waals surface area (Å²) in [6.45, 7) is 6.06. The third-order valence-corrected chi connectivity index (χ3v) is 2.10. The van der Waals surface area contributed by atoms with Crippen molar-refractivity contribution in [3.63, 3.8) is 0 Å². The zero-order valence-electron chi connectivity index (χ0n) is 11.1. The smallest absolute Gasteiger partial charge is 0.274 e. The van der Waals surface area contributed by atoms with Gasteiger partial charge in [0.15, 0.2) is 11.5 Å². The van der Waals surface area contributed by atoms with Gasteiger partial charge in [-0.1, -0.05) is 0 Å². The van der Waals surface area contributed by atoms with E-state index in [-0.39, 0.29) is 12.0 Å². The van der Waals surface area contributed by atoms with E-state index in [9.17, 15) is 4.79 Å². The lowest BCUT2D eigenvalue weighted by molar-refractivity contribution is 0.0364. The van der Waals surface area contributed by atoms with Gasteiger partial charge in [0.05, 0.1) is 19.8 Å². The van der Waals surface area contributed by atoms with Gasteiger partial charge in [-0.05, 0) is 39.0 Å². The van der Waals surface area contributed by atoms with Crippen LogP contribution in [0, 0.1) is 0 Å². The fourth-order valence-electron chi connectivity index (χ4n) is 1.36. The molecule has 0 saturated heterocycles. The van der Waals surface area contributed by atoms with Crippen molar-refractivity contribution in [2.24, 2.45) is 0 Å². The fraction of sp³-hybridized carbons (Fsp3) is 0.462. The van der Waals surface area contributed by atoms with Gasteiger partial charge in [-0.15, -0.1) is 0 Å². The van der Waals surface area contributed by atoms with E-state index in [0.717, 1.165) is 0 Å². The predicted molar refractivity (Wildman–Crippen MR) is 67.9 cm³/mol. The number of amides is 1. The molecule has 0 aliphatic heterocycles. The van der Waals surface area contributed by atoms with E-state index in [0.29, 0.717) is 23.7 Å². The summed E-state index contributed by atoms with van der Waals surface area (Å²) in [5, 5.41) is 0. The topological polar surface area (TPSA) is 56.8 Å². The lowest BCUT2D eigenvalue weighted by Crippen LogP contribution is -2.23. The maximum atomic E-state index is 11.7. The molecule has 0 aliphatic carbocycles. The van der Waals surface area contributed by atoms with E-state index in [1.165, 1.54) is 7.11 Å². The minimum atomic E-state index is -0.314. The highest BCUT2D eigenvalue weighted by molar-refractivity contribution is 5.94. The van der Waals surface area contributed by atoms with E-state index < -0.39 is 0 Å². The number of carbonyl (C=O) groups excluding carboxylic acids is 1. The van der Waals surface area contributed by atoms with Crippen molar-refractivity contribution in [3.05, 3.63) is 23.8 Å². The van der Waals surface area contributed by atoms with E-state index in [2.05, 4.69) is 5.48 Å². The SMILES string of the molecule is CCONC(=O)c1ccc(OC(C)C)c(OC)c1. The summed E-state index contributed by atoms with van der Waals surface area (Å²) in [6.07, 6.45) is 0.0435. The predicted octanol–water partition coefficient (Wildman–Crippen LogP) is 2.16. The van der Waals surface area contributed by atoms with Gasteiger partial charge < -0.3 is 9.47 Å². The molecule has 5 heteroatoms. The van der Waals surface area contributed by atoms with Crippen molar-refractivity contribution in [3.8, 4) is 11.5 Å². The Hall–Kier alpha value is -1.75. The Morgan fingerprint density at radius 1 is 1.33 bits per heavy atom. The molecule has 0 spiro atoms. The monoisotopic (exact) mass is 253 g/mol. The second kappa shape index (κ2) is 6.86. The minimum Gasteiger partial charge on any atom is -0.493 e. The molecule has 100 valence electrons. The molecular weight excluding hydrogens is 234 g/mol. The number of hydrogen-bond acceptors (Lipinski definition) is 4. The molecule has 0 saturated carbocycles. The molecule has 1 amide bonds. The summed E-state index contributed by atoms with van der Waals surface area (Å²) in [4.78, 5) is 16.5. The van der Waals surface area contributed by atoms with Crippen LogP contribution in [0.1, 0.15) is 31.1 Å². The first-order valence-electron chi connectivity index (χ1n) is 5.85. The Bertz CT molecular complexity index is 404. The number of ether oxygens (including phenoxy) is 2. The number of carbonyl (C=O) groups is 1. The molecule has 1 aromatic rings. The second-order valence-electron chi connectivity index (χ2n) is 3.90. The molecule has 0 unspecified atom stereocenters. The minimum absolute atomic E-state index is 0.0435.